The van der Waals surface area contributed by atoms with E-state index in [1.165, 1.54) is 0 Å². The van der Waals surface area contributed by atoms with Crippen molar-refractivity contribution >= 4 is 5.91 Å². The summed E-state index contributed by atoms with van der Waals surface area (Å²) in [5.74, 6) is 0.424. The Bertz CT molecular complexity index is 231. The van der Waals surface area contributed by atoms with E-state index in [9.17, 15) is 4.79 Å². The summed E-state index contributed by atoms with van der Waals surface area (Å²) in [4.78, 5) is 16.5. The molecule has 0 aromatic rings. The lowest BCUT2D eigenvalue weighted by atomic mass is 9.77. The highest BCUT2D eigenvalue weighted by atomic mass is 16.2. The maximum atomic E-state index is 12.1. The Morgan fingerprint density at radius 3 is 2.29 bits per heavy atom. The molecule has 80 valence electrons. The van der Waals surface area contributed by atoms with E-state index in [2.05, 4.69) is 18.9 Å². The van der Waals surface area contributed by atoms with Crippen molar-refractivity contribution in [1.82, 2.24) is 9.80 Å². The Morgan fingerprint density at radius 2 is 1.79 bits per heavy atom. The average molecular weight is 196 g/mol. The molecule has 3 nitrogen and oxygen atoms in total. The molecule has 0 bridgehead atoms. The highest BCUT2D eigenvalue weighted by Gasteiger charge is 2.46. The van der Waals surface area contributed by atoms with Gasteiger partial charge in [0.25, 0.3) is 0 Å². The number of amides is 1. The molecule has 14 heavy (non-hydrogen) atoms. The van der Waals surface area contributed by atoms with Gasteiger partial charge >= 0.3 is 0 Å². The maximum Gasteiger partial charge on any atom is 0.228 e. The lowest BCUT2D eigenvalue weighted by molar-refractivity contribution is -0.138. The summed E-state index contributed by atoms with van der Waals surface area (Å²) >= 11 is 0. The topological polar surface area (TPSA) is 23.6 Å². The number of rotatable bonds is 1. The van der Waals surface area contributed by atoms with Crippen LogP contribution in [0.2, 0.25) is 0 Å². The van der Waals surface area contributed by atoms with Crippen molar-refractivity contribution < 1.29 is 4.79 Å². The zero-order chi connectivity index (χ0) is 10.2. The Balaban J connectivity index is 2.07. The predicted molar refractivity (Wildman–Crippen MR) is 56.0 cm³/mol. The first-order valence-corrected chi connectivity index (χ1v) is 5.66. The van der Waals surface area contributed by atoms with Gasteiger partial charge < -0.3 is 9.80 Å². The fourth-order valence-corrected chi connectivity index (χ4v) is 2.71. The van der Waals surface area contributed by atoms with Gasteiger partial charge in [-0.15, -0.1) is 0 Å². The van der Waals surface area contributed by atoms with Crippen molar-refractivity contribution in [2.45, 2.75) is 26.2 Å². The van der Waals surface area contributed by atoms with Gasteiger partial charge in [0.2, 0.25) is 5.91 Å². The Hall–Kier alpha value is -0.570. The summed E-state index contributed by atoms with van der Waals surface area (Å²) in [6.45, 7) is 6.12. The SMILES string of the molecule is CCN1CCC2(CCN(C)CC2)C1=O. The van der Waals surface area contributed by atoms with Gasteiger partial charge in [0.15, 0.2) is 0 Å². The van der Waals surface area contributed by atoms with E-state index >= 15 is 0 Å². The van der Waals surface area contributed by atoms with Crippen molar-refractivity contribution in [3.63, 3.8) is 0 Å². The molecule has 2 heterocycles. The van der Waals surface area contributed by atoms with Gasteiger partial charge in [0, 0.05) is 13.1 Å². The van der Waals surface area contributed by atoms with Crippen LogP contribution in [-0.2, 0) is 4.79 Å². The zero-order valence-corrected chi connectivity index (χ0v) is 9.25. The van der Waals surface area contributed by atoms with Crippen LogP contribution in [0.25, 0.3) is 0 Å². The van der Waals surface area contributed by atoms with Gasteiger partial charge in [-0.25, -0.2) is 0 Å². The number of likely N-dealkylation sites (tertiary alicyclic amines) is 2. The molecule has 1 amide bonds. The number of hydrogen-bond acceptors (Lipinski definition) is 2. The molecule has 0 N–H and O–H groups in total. The lowest BCUT2D eigenvalue weighted by Gasteiger charge is -2.36. The van der Waals surface area contributed by atoms with Gasteiger partial charge in [-0.1, -0.05) is 0 Å². The van der Waals surface area contributed by atoms with Crippen molar-refractivity contribution in [1.29, 1.82) is 0 Å². The third-order valence-electron chi connectivity index (χ3n) is 3.93. The van der Waals surface area contributed by atoms with E-state index in [1.807, 2.05) is 4.90 Å². The molecular formula is C11H20N2O. The maximum absolute atomic E-state index is 12.1. The first-order chi connectivity index (χ1) is 6.68. The fraction of sp³-hybridized carbons (Fsp3) is 0.909. The Kier molecular flexibility index (Phi) is 2.52. The molecule has 0 saturated carbocycles. The molecule has 2 aliphatic heterocycles. The lowest BCUT2D eigenvalue weighted by Crippen LogP contribution is -2.43. The summed E-state index contributed by atoms with van der Waals surface area (Å²) in [6.07, 6.45) is 3.23. The molecule has 0 aromatic carbocycles. The van der Waals surface area contributed by atoms with E-state index in [4.69, 9.17) is 0 Å². The second-order valence-electron chi connectivity index (χ2n) is 4.72. The summed E-state index contributed by atoms with van der Waals surface area (Å²) in [5, 5.41) is 0. The van der Waals surface area contributed by atoms with Gasteiger partial charge in [-0.3, -0.25) is 4.79 Å². The summed E-state index contributed by atoms with van der Waals surface area (Å²) in [7, 11) is 2.14. The van der Waals surface area contributed by atoms with Gasteiger partial charge in [0.1, 0.15) is 0 Å². The molecule has 2 aliphatic rings. The fourth-order valence-electron chi connectivity index (χ4n) is 2.71. The molecule has 0 aromatic heterocycles. The molecule has 1 spiro atoms. The van der Waals surface area contributed by atoms with Gasteiger partial charge in [-0.2, -0.15) is 0 Å². The minimum Gasteiger partial charge on any atom is -0.342 e. The van der Waals surface area contributed by atoms with Crippen molar-refractivity contribution in [3.05, 3.63) is 0 Å². The predicted octanol–water partition coefficient (Wildman–Crippen LogP) is 0.951. The van der Waals surface area contributed by atoms with Crippen LogP contribution in [0.4, 0.5) is 0 Å². The largest absolute Gasteiger partial charge is 0.342 e. The molecular weight excluding hydrogens is 176 g/mol. The number of carbonyl (C=O) groups excluding carboxylic acids is 1. The Labute approximate surface area is 86.1 Å². The molecule has 2 rings (SSSR count). The van der Waals surface area contributed by atoms with Crippen molar-refractivity contribution in [3.8, 4) is 0 Å². The second-order valence-corrected chi connectivity index (χ2v) is 4.72. The normalized spacial score (nSPS) is 27.6. The van der Waals surface area contributed by atoms with Crippen LogP contribution in [0.5, 0.6) is 0 Å². The number of carbonyl (C=O) groups is 1. The first kappa shape index (κ1) is 9.97. The van der Waals surface area contributed by atoms with Crippen molar-refractivity contribution in [2.24, 2.45) is 5.41 Å². The van der Waals surface area contributed by atoms with Crippen LogP contribution in [0, 0.1) is 5.41 Å². The average Bonchev–Trinajstić information content (AvgIpc) is 2.50. The van der Waals surface area contributed by atoms with E-state index in [1.54, 1.807) is 0 Å². The summed E-state index contributed by atoms with van der Waals surface area (Å²) < 4.78 is 0. The number of hydrogen-bond donors (Lipinski definition) is 0. The highest BCUT2D eigenvalue weighted by molar-refractivity contribution is 5.84. The molecule has 3 heteroatoms. The monoisotopic (exact) mass is 196 g/mol. The van der Waals surface area contributed by atoms with E-state index < -0.39 is 0 Å². The third kappa shape index (κ3) is 1.44. The summed E-state index contributed by atoms with van der Waals surface area (Å²) in [6, 6.07) is 0. The minimum atomic E-state index is 0.0303. The highest BCUT2D eigenvalue weighted by Crippen LogP contribution is 2.40. The molecule has 0 unspecified atom stereocenters. The zero-order valence-electron chi connectivity index (χ0n) is 9.25. The molecule has 2 saturated heterocycles. The second kappa shape index (κ2) is 3.54. The van der Waals surface area contributed by atoms with Crippen molar-refractivity contribution in [2.75, 3.05) is 33.2 Å². The van der Waals surface area contributed by atoms with Crippen LogP contribution in [0.15, 0.2) is 0 Å². The quantitative estimate of drug-likeness (QED) is 0.623. The third-order valence-corrected chi connectivity index (χ3v) is 3.93. The number of piperidine rings is 1. The smallest absolute Gasteiger partial charge is 0.228 e. The number of nitrogens with zero attached hydrogens (tertiary/aromatic N) is 2. The molecule has 2 fully saturated rings. The molecule has 0 aliphatic carbocycles. The minimum absolute atomic E-state index is 0.0303. The van der Waals surface area contributed by atoms with Crippen LogP contribution in [0.3, 0.4) is 0 Å². The first-order valence-electron chi connectivity index (χ1n) is 5.66. The van der Waals surface area contributed by atoms with Crippen LogP contribution < -0.4 is 0 Å². The standard InChI is InChI=1S/C11H20N2O/c1-3-13-9-6-11(10(13)14)4-7-12(2)8-5-11/h3-9H2,1-2H3. The van der Waals surface area contributed by atoms with E-state index in [-0.39, 0.29) is 5.41 Å². The van der Waals surface area contributed by atoms with Crippen LogP contribution in [0.1, 0.15) is 26.2 Å². The van der Waals surface area contributed by atoms with E-state index in [0.29, 0.717) is 5.91 Å². The van der Waals surface area contributed by atoms with Gasteiger partial charge in [0.05, 0.1) is 5.41 Å². The van der Waals surface area contributed by atoms with Crippen LogP contribution in [-0.4, -0.2) is 48.9 Å². The van der Waals surface area contributed by atoms with Crippen LogP contribution >= 0.6 is 0 Å². The Morgan fingerprint density at radius 1 is 1.21 bits per heavy atom. The molecule has 0 atom stereocenters. The molecule has 0 radical (unpaired) electrons. The van der Waals surface area contributed by atoms with Gasteiger partial charge in [-0.05, 0) is 46.3 Å². The summed E-state index contributed by atoms with van der Waals surface area (Å²) in [5.41, 5.74) is 0.0303. The van der Waals surface area contributed by atoms with E-state index in [0.717, 1.165) is 45.4 Å².